The van der Waals surface area contributed by atoms with Crippen LogP contribution in [0.3, 0.4) is 0 Å². The van der Waals surface area contributed by atoms with E-state index < -0.39 is 18.5 Å². The first-order valence-corrected chi connectivity index (χ1v) is 8.67. The van der Waals surface area contributed by atoms with Crippen LogP contribution in [0.5, 0.6) is 0 Å². The van der Waals surface area contributed by atoms with E-state index >= 15 is 0 Å². The van der Waals surface area contributed by atoms with Crippen molar-refractivity contribution >= 4 is 36.3 Å². The first-order valence-electron chi connectivity index (χ1n) is 5.58. The molecule has 9 heteroatoms. The minimum atomic E-state index is -3.53. The van der Waals surface area contributed by atoms with Gasteiger partial charge in [0.05, 0.1) is 7.11 Å². The van der Waals surface area contributed by atoms with Gasteiger partial charge in [-0.15, -0.1) is 0 Å². The number of hydrogen-bond acceptors (Lipinski definition) is 6. The summed E-state index contributed by atoms with van der Waals surface area (Å²) in [6, 6.07) is 0. The van der Waals surface area contributed by atoms with E-state index in [4.69, 9.17) is 0 Å². The maximum Gasteiger partial charge on any atom is 0.397 e. The quantitative estimate of drug-likeness (QED) is 0.319. The zero-order valence-electron chi connectivity index (χ0n) is 11.7. The third-order valence-corrected chi connectivity index (χ3v) is 8.69. The highest BCUT2D eigenvalue weighted by atomic mass is 32.7. The van der Waals surface area contributed by atoms with E-state index in [1.807, 2.05) is 13.8 Å². The number of carbonyl (C=O) groups is 3. The van der Waals surface area contributed by atoms with Crippen molar-refractivity contribution in [1.82, 2.24) is 9.34 Å². The zero-order chi connectivity index (χ0) is 15.2. The number of nitrogens with zero attached hydrogens (tertiary/aromatic N) is 2. The molecule has 0 saturated heterocycles. The number of rotatable bonds is 6. The molecule has 0 saturated carbocycles. The lowest BCUT2D eigenvalue weighted by Gasteiger charge is -2.32. The van der Waals surface area contributed by atoms with Crippen LogP contribution in [-0.4, -0.2) is 54.1 Å². The van der Waals surface area contributed by atoms with Gasteiger partial charge < -0.3 is 4.74 Å². The van der Waals surface area contributed by atoms with Crippen LogP contribution in [0.2, 0.25) is 0 Å². The summed E-state index contributed by atoms with van der Waals surface area (Å²) in [6.07, 6.45) is 1.08. The Morgan fingerprint density at radius 2 is 1.95 bits per heavy atom. The van der Waals surface area contributed by atoms with Crippen molar-refractivity contribution in [2.75, 3.05) is 21.2 Å². The Bertz CT molecular complexity index is 403. The maximum atomic E-state index is 12.8. The Morgan fingerprint density at radius 3 is 2.32 bits per heavy atom. The molecule has 0 rings (SSSR count). The highest BCUT2D eigenvalue weighted by Crippen LogP contribution is 2.64. The number of methoxy groups -OCH3 is 1. The van der Waals surface area contributed by atoms with Gasteiger partial charge in [0.1, 0.15) is 0 Å². The highest BCUT2D eigenvalue weighted by Gasteiger charge is 2.40. The van der Waals surface area contributed by atoms with Crippen LogP contribution in [0.1, 0.15) is 20.3 Å². The average molecular weight is 310 g/mol. The lowest BCUT2D eigenvalue weighted by Crippen LogP contribution is -2.35. The molecule has 0 radical (unpaired) electrons. The smallest absolute Gasteiger partial charge is 0.397 e. The van der Waals surface area contributed by atoms with Crippen molar-refractivity contribution in [3.8, 4) is 0 Å². The van der Waals surface area contributed by atoms with Gasteiger partial charge in [0.2, 0.25) is 6.41 Å². The Labute approximate surface area is 116 Å². The number of carbonyl (C=O) groups excluding carboxylic acids is 3. The van der Waals surface area contributed by atoms with Crippen LogP contribution >= 0.6 is 18.0 Å². The standard InChI is InChI=1S/C10H19N2O5PS/c1-6-8(2)19-18(16,11(3)7-13)12(4)9(14)10(15)17-5/h7-8H,6H2,1-5H3. The molecule has 0 spiro atoms. The van der Waals surface area contributed by atoms with Gasteiger partial charge in [-0.3, -0.25) is 23.5 Å². The van der Waals surface area contributed by atoms with Crippen LogP contribution < -0.4 is 0 Å². The molecule has 2 atom stereocenters. The van der Waals surface area contributed by atoms with Crippen LogP contribution in [0.25, 0.3) is 0 Å². The minimum Gasteiger partial charge on any atom is -0.462 e. The van der Waals surface area contributed by atoms with E-state index in [0.29, 0.717) is 12.8 Å². The topological polar surface area (TPSA) is 84.0 Å². The van der Waals surface area contributed by atoms with Gasteiger partial charge in [-0.25, -0.2) is 4.79 Å². The molecular weight excluding hydrogens is 291 g/mol. The second-order valence-corrected chi connectivity index (χ2v) is 9.10. The largest absolute Gasteiger partial charge is 0.462 e. The van der Waals surface area contributed by atoms with Crippen LogP contribution in [0.4, 0.5) is 0 Å². The monoisotopic (exact) mass is 310 g/mol. The number of hydrogen-bond donors (Lipinski definition) is 0. The van der Waals surface area contributed by atoms with Gasteiger partial charge in [0.15, 0.2) is 0 Å². The first-order chi connectivity index (χ1) is 8.74. The van der Waals surface area contributed by atoms with E-state index in [1.165, 1.54) is 14.1 Å². The summed E-state index contributed by atoms with van der Waals surface area (Å²) < 4.78 is 18.8. The highest BCUT2D eigenvalue weighted by molar-refractivity contribution is 8.57. The molecule has 0 heterocycles. The van der Waals surface area contributed by atoms with Crippen molar-refractivity contribution in [3.63, 3.8) is 0 Å². The average Bonchev–Trinajstić information content (AvgIpc) is 2.43. The van der Waals surface area contributed by atoms with Crippen molar-refractivity contribution in [1.29, 1.82) is 0 Å². The Hall–Kier alpha value is -1.01. The summed E-state index contributed by atoms with van der Waals surface area (Å²) in [7, 11) is 3.59. The van der Waals surface area contributed by atoms with Crippen molar-refractivity contribution < 1.29 is 23.7 Å². The Morgan fingerprint density at radius 1 is 1.42 bits per heavy atom. The van der Waals surface area contributed by atoms with Crippen LogP contribution in [-0.2, 0) is 23.7 Å². The Balaban J connectivity index is 5.36. The predicted molar refractivity (Wildman–Crippen MR) is 73.6 cm³/mol. The van der Waals surface area contributed by atoms with E-state index in [2.05, 4.69) is 4.74 Å². The van der Waals surface area contributed by atoms with E-state index in [9.17, 15) is 18.9 Å². The molecule has 0 aliphatic heterocycles. The number of esters is 1. The van der Waals surface area contributed by atoms with E-state index in [-0.39, 0.29) is 5.25 Å². The van der Waals surface area contributed by atoms with Crippen molar-refractivity contribution in [3.05, 3.63) is 0 Å². The van der Waals surface area contributed by atoms with Gasteiger partial charge in [-0.2, -0.15) is 0 Å². The SMILES string of the molecule is CCC(C)SP(=O)(N(C)C=O)N(C)C(=O)C(=O)OC. The second kappa shape index (κ2) is 7.55. The minimum absolute atomic E-state index is 0.0406. The fourth-order valence-electron chi connectivity index (χ4n) is 1.06. The molecule has 0 aromatic carbocycles. The molecule has 0 N–H and O–H groups in total. The third-order valence-electron chi connectivity index (χ3n) is 2.48. The zero-order valence-corrected chi connectivity index (χ0v) is 13.4. The van der Waals surface area contributed by atoms with Gasteiger partial charge >= 0.3 is 18.5 Å². The summed E-state index contributed by atoms with van der Waals surface area (Å²) in [6.45, 7) is 0.187. The summed E-state index contributed by atoms with van der Waals surface area (Å²) in [5, 5.41) is -0.0406. The fraction of sp³-hybridized carbons (Fsp3) is 0.700. The summed E-state index contributed by atoms with van der Waals surface area (Å²) >= 11 is 0.992. The molecule has 0 aromatic heterocycles. The second-order valence-electron chi connectivity index (χ2n) is 3.81. The first kappa shape index (κ1) is 18.0. The summed E-state index contributed by atoms with van der Waals surface area (Å²) in [5.74, 6) is -2.16. The Kier molecular flexibility index (Phi) is 7.15. The lowest BCUT2D eigenvalue weighted by molar-refractivity contribution is -0.155. The molecular formula is C10H19N2O5PS. The molecule has 2 unspecified atom stereocenters. The summed E-state index contributed by atoms with van der Waals surface area (Å²) in [5.41, 5.74) is 0. The van der Waals surface area contributed by atoms with Gasteiger partial charge in [-0.05, 0) is 6.42 Å². The normalized spacial score (nSPS) is 15.0. The van der Waals surface area contributed by atoms with E-state index in [0.717, 1.165) is 27.8 Å². The molecule has 7 nitrogen and oxygen atoms in total. The van der Waals surface area contributed by atoms with Gasteiger partial charge in [0, 0.05) is 19.3 Å². The molecule has 110 valence electrons. The molecule has 0 bridgehead atoms. The molecule has 2 amide bonds. The number of amides is 2. The van der Waals surface area contributed by atoms with E-state index in [1.54, 1.807) is 0 Å². The molecule has 0 aliphatic carbocycles. The summed E-state index contributed by atoms with van der Waals surface area (Å²) in [4.78, 5) is 33.8. The van der Waals surface area contributed by atoms with Crippen molar-refractivity contribution in [2.24, 2.45) is 0 Å². The molecule has 0 aromatic rings. The maximum absolute atomic E-state index is 12.8. The van der Waals surface area contributed by atoms with Crippen molar-refractivity contribution in [2.45, 2.75) is 25.5 Å². The third kappa shape index (κ3) is 4.24. The lowest BCUT2D eigenvalue weighted by atomic mass is 10.4. The molecule has 19 heavy (non-hydrogen) atoms. The fourth-order valence-corrected chi connectivity index (χ4v) is 5.88. The van der Waals surface area contributed by atoms with Crippen LogP contribution in [0, 0.1) is 0 Å². The predicted octanol–water partition coefficient (Wildman–Crippen LogP) is 1.35. The molecule has 0 aliphatic rings. The van der Waals surface area contributed by atoms with Gasteiger partial charge in [0.25, 0.3) is 0 Å². The molecule has 0 fully saturated rings. The van der Waals surface area contributed by atoms with Crippen LogP contribution in [0.15, 0.2) is 0 Å². The van der Waals surface area contributed by atoms with Gasteiger partial charge in [-0.1, -0.05) is 25.2 Å². The number of ether oxygens (including phenoxy) is 1. The number of likely N-dealkylation sites (N-methyl/N-ethyl adjacent to an activating group) is 1.